The van der Waals surface area contributed by atoms with Crippen molar-refractivity contribution in [1.29, 1.82) is 0 Å². The minimum Gasteiger partial charge on any atom is -0.489 e. The van der Waals surface area contributed by atoms with E-state index in [1.165, 1.54) is 6.07 Å². The van der Waals surface area contributed by atoms with Crippen LogP contribution in [0.15, 0.2) is 65.1 Å². The Kier molecular flexibility index (Phi) is 6.02. The number of ether oxygens (including phenoxy) is 1. The molecule has 0 saturated heterocycles. The number of benzene rings is 3. The number of nitrogens with zero attached hydrogens (tertiary/aromatic N) is 1. The zero-order valence-electron chi connectivity index (χ0n) is 18.0. The summed E-state index contributed by atoms with van der Waals surface area (Å²) in [5.74, 6) is 0.446. The van der Waals surface area contributed by atoms with E-state index in [9.17, 15) is 9.18 Å². The molecule has 5 nitrogen and oxygen atoms in total. The van der Waals surface area contributed by atoms with Crippen LogP contribution in [0.5, 0.6) is 5.75 Å². The summed E-state index contributed by atoms with van der Waals surface area (Å²) in [7, 11) is 0. The largest absolute Gasteiger partial charge is 0.489 e. The zero-order valence-corrected chi connectivity index (χ0v) is 19.6. The van der Waals surface area contributed by atoms with Gasteiger partial charge in [-0.25, -0.2) is 4.39 Å². The Morgan fingerprint density at radius 3 is 2.53 bits per heavy atom. The van der Waals surface area contributed by atoms with Crippen LogP contribution in [-0.2, 0) is 12.0 Å². The smallest absolute Gasteiger partial charge is 0.256 e. The van der Waals surface area contributed by atoms with Crippen molar-refractivity contribution in [2.45, 2.75) is 32.8 Å². The topological polar surface area (TPSA) is 67.0 Å². The minimum absolute atomic E-state index is 0.0241. The number of hydrogen-bond donors (Lipinski definition) is 2. The van der Waals surface area contributed by atoms with Crippen LogP contribution in [0, 0.1) is 5.82 Å². The van der Waals surface area contributed by atoms with E-state index in [1.807, 2.05) is 30.3 Å². The molecule has 0 fully saturated rings. The molecule has 0 aliphatic carbocycles. The number of rotatable bonds is 5. The van der Waals surface area contributed by atoms with Gasteiger partial charge < -0.3 is 10.1 Å². The summed E-state index contributed by atoms with van der Waals surface area (Å²) >= 11 is 3.24. The van der Waals surface area contributed by atoms with Gasteiger partial charge in [0.25, 0.3) is 5.91 Å². The van der Waals surface area contributed by atoms with Crippen molar-refractivity contribution in [1.82, 2.24) is 10.2 Å². The highest BCUT2D eigenvalue weighted by Gasteiger charge is 2.16. The van der Waals surface area contributed by atoms with E-state index >= 15 is 0 Å². The summed E-state index contributed by atoms with van der Waals surface area (Å²) < 4.78 is 20.4. The van der Waals surface area contributed by atoms with Crippen molar-refractivity contribution in [2.24, 2.45) is 0 Å². The lowest BCUT2D eigenvalue weighted by atomic mass is 9.87. The number of halogens is 2. The molecule has 0 saturated carbocycles. The summed E-state index contributed by atoms with van der Waals surface area (Å²) in [6.07, 6.45) is 0. The molecule has 0 aliphatic heterocycles. The van der Waals surface area contributed by atoms with E-state index in [1.54, 1.807) is 24.3 Å². The molecule has 3 aromatic carbocycles. The number of aromatic amines is 1. The van der Waals surface area contributed by atoms with Crippen LogP contribution in [0.2, 0.25) is 0 Å². The van der Waals surface area contributed by atoms with Gasteiger partial charge in [0.1, 0.15) is 18.2 Å². The molecule has 0 spiro atoms. The number of amides is 1. The number of H-pyrrole nitrogens is 1. The van der Waals surface area contributed by atoms with Crippen molar-refractivity contribution < 1.29 is 13.9 Å². The Labute approximate surface area is 194 Å². The molecule has 7 heteroatoms. The molecular formula is C25H23BrFN3O2. The Morgan fingerprint density at radius 2 is 1.84 bits per heavy atom. The fourth-order valence-electron chi connectivity index (χ4n) is 3.28. The normalized spacial score (nSPS) is 11.5. The second kappa shape index (κ2) is 8.74. The van der Waals surface area contributed by atoms with Crippen molar-refractivity contribution >= 4 is 38.6 Å². The van der Waals surface area contributed by atoms with Gasteiger partial charge in [-0.1, -0.05) is 54.9 Å². The van der Waals surface area contributed by atoms with Gasteiger partial charge >= 0.3 is 0 Å². The molecule has 4 aromatic rings. The summed E-state index contributed by atoms with van der Waals surface area (Å²) in [4.78, 5) is 12.7. The highest BCUT2D eigenvalue weighted by molar-refractivity contribution is 9.10. The maximum absolute atomic E-state index is 14.0. The van der Waals surface area contributed by atoms with E-state index in [0.717, 1.165) is 10.9 Å². The van der Waals surface area contributed by atoms with Gasteiger partial charge in [-0.3, -0.25) is 9.89 Å². The van der Waals surface area contributed by atoms with Crippen molar-refractivity contribution in [3.8, 4) is 5.75 Å². The molecule has 0 atom stereocenters. The third kappa shape index (κ3) is 4.83. The first-order chi connectivity index (χ1) is 15.2. The molecule has 0 unspecified atom stereocenters. The number of hydrogen-bond acceptors (Lipinski definition) is 3. The van der Waals surface area contributed by atoms with Gasteiger partial charge in [-0.05, 0) is 47.4 Å². The van der Waals surface area contributed by atoms with Crippen LogP contribution < -0.4 is 10.1 Å². The molecule has 4 rings (SSSR count). The van der Waals surface area contributed by atoms with E-state index < -0.39 is 0 Å². The molecule has 0 radical (unpaired) electrons. The molecule has 0 bridgehead atoms. The first kappa shape index (κ1) is 22.0. The van der Waals surface area contributed by atoms with E-state index in [0.29, 0.717) is 32.7 Å². The number of aromatic nitrogens is 2. The Bertz CT molecular complexity index is 1280. The predicted molar refractivity (Wildman–Crippen MR) is 128 cm³/mol. The predicted octanol–water partition coefficient (Wildman–Crippen LogP) is 6.59. The molecule has 1 aromatic heterocycles. The van der Waals surface area contributed by atoms with E-state index in [-0.39, 0.29) is 23.7 Å². The fraction of sp³-hybridized carbons (Fsp3) is 0.200. The number of nitrogens with one attached hydrogen (secondary N) is 2. The minimum atomic E-state index is -0.331. The van der Waals surface area contributed by atoms with Gasteiger partial charge in [-0.15, -0.1) is 0 Å². The zero-order chi connectivity index (χ0) is 22.9. The lowest BCUT2D eigenvalue weighted by Crippen LogP contribution is -2.14. The Hall–Kier alpha value is -3.19. The number of carbonyl (C=O) groups excluding carboxylic acids is 1. The SMILES string of the molecule is CC(C)(C)c1ccc(C(=O)Nc2n[nH]c3cc(OCc4ccc(Br)cc4F)ccc23)cc1. The third-order valence-corrected chi connectivity index (χ3v) is 5.68. The highest BCUT2D eigenvalue weighted by atomic mass is 79.9. The first-order valence-corrected chi connectivity index (χ1v) is 11.0. The second-order valence-corrected chi connectivity index (χ2v) is 9.50. The maximum Gasteiger partial charge on any atom is 0.256 e. The lowest BCUT2D eigenvalue weighted by molar-refractivity contribution is 0.102. The lowest BCUT2D eigenvalue weighted by Gasteiger charge is -2.18. The van der Waals surface area contributed by atoms with Gasteiger partial charge in [0.05, 0.1) is 5.52 Å². The Balaban J connectivity index is 1.46. The van der Waals surface area contributed by atoms with Crippen molar-refractivity contribution in [3.05, 3.63) is 87.6 Å². The van der Waals surface area contributed by atoms with Gasteiger partial charge in [-0.2, -0.15) is 5.10 Å². The van der Waals surface area contributed by atoms with E-state index in [4.69, 9.17) is 4.74 Å². The average molecular weight is 496 g/mol. The van der Waals surface area contributed by atoms with Gasteiger partial charge in [0, 0.05) is 27.1 Å². The molecule has 32 heavy (non-hydrogen) atoms. The first-order valence-electron chi connectivity index (χ1n) is 10.2. The molecule has 1 amide bonds. The van der Waals surface area contributed by atoms with E-state index in [2.05, 4.69) is 52.2 Å². The standard InChI is InChI=1S/C25H23BrFN3O2/c1-25(2,3)17-7-4-15(5-8-17)24(31)28-23-20-11-10-19(13-22(20)29-30-23)32-14-16-6-9-18(26)12-21(16)27/h4-13H,14H2,1-3H3,(H2,28,29,30,31). The average Bonchev–Trinajstić information content (AvgIpc) is 3.14. The molecule has 164 valence electrons. The summed E-state index contributed by atoms with van der Waals surface area (Å²) in [5.41, 5.74) is 2.91. The molecule has 0 aliphatic rings. The monoisotopic (exact) mass is 495 g/mol. The summed E-state index contributed by atoms with van der Waals surface area (Å²) in [6.45, 7) is 6.49. The van der Waals surface area contributed by atoms with Crippen LogP contribution in [-0.4, -0.2) is 16.1 Å². The van der Waals surface area contributed by atoms with Gasteiger partial charge in [0.15, 0.2) is 5.82 Å². The summed E-state index contributed by atoms with van der Waals surface area (Å²) in [5, 5.41) is 10.7. The fourth-order valence-corrected chi connectivity index (χ4v) is 3.62. The van der Waals surface area contributed by atoms with Crippen LogP contribution in [0.1, 0.15) is 42.3 Å². The molecule has 1 heterocycles. The maximum atomic E-state index is 14.0. The van der Waals surface area contributed by atoms with Crippen molar-refractivity contribution in [2.75, 3.05) is 5.32 Å². The van der Waals surface area contributed by atoms with Crippen molar-refractivity contribution in [3.63, 3.8) is 0 Å². The Morgan fingerprint density at radius 1 is 1.09 bits per heavy atom. The highest BCUT2D eigenvalue weighted by Crippen LogP contribution is 2.27. The number of anilines is 1. The third-order valence-electron chi connectivity index (χ3n) is 5.19. The van der Waals surface area contributed by atoms with Gasteiger partial charge in [0.2, 0.25) is 0 Å². The van der Waals surface area contributed by atoms with Crippen LogP contribution >= 0.6 is 15.9 Å². The molecular weight excluding hydrogens is 473 g/mol. The number of fused-ring (bicyclic) bond motifs is 1. The van der Waals surface area contributed by atoms with Crippen LogP contribution in [0.4, 0.5) is 10.2 Å². The second-order valence-electron chi connectivity index (χ2n) is 8.59. The number of carbonyl (C=O) groups is 1. The quantitative estimate of drug-likeness (QED) is 0.328. The molecule has 2 N–H and O–H groups in total. The van der Waals surface area contributed by atoms with Crippen LogP contribution in [0.3, 0.4) is 0 Å². The van der Waals surface area contributed by atoms with Crippen LogP contribution in [0.25, 0.3) is 10.9 Å². The summed E-state index contributed by atoms with van der Waals surface area (Å²) in [6, 6.07) is 17.8.